The summed E-state index contributed by atoms with van der Waals surface area (Å²) >= 11 is 3.70. The smallest absolute Gasteiger partial charge is 0.112 e. The molecule has 0 radical (unpaired) electrons. The fourth-order valence-corrected chi connectivity index (χ4v) is 7.07. The van der Waals surface area contributed by atoms with E-state index in [1.165, 1.54) is 32.2 Å². The van der Waals surface area contributed by atoms with Crippen LogP contribution < -0.4 is 15.9 Å². The van der Waals surface area contributed by atoms with E-state index in [9.17, 15) is 0 Å². The van der Waals surface area contributed by atoms with Crippen molar-refractivity contribution in [2.24, 2.45) is 0 Å². The van der Waals surface area contributed by atoms with Crippen LogP contribution in [0.4, 0.5) is 0 Å². The molecule has 0 saturated heterocycles. The molecule has 0 amide bonds. The highest BCUT2D eigenvalue weighted by Gasteiger charge is 2.41. The molecular weight excluding hydrogens is 389 g/mol. The summed E-state index contributed by atoms with van der Waals surface area (Å²) in [5, 5.41) is 12.7. The summed E-state index contributed by atoms with van der Waals surface area (Å²) < 4.78 is 0. The van der Waals surface area contributed by atoms with Gasteiger partial charge in [0.25, 0.3) is 0 Å². The Bertz CT molecular complexity index is 1030. The highest BCUT2D eigenvalue weighted by atomic mass is 32.1. The molecule has 0 spiro atoms. The summed E-state index contributed by atoms with van der Waals surface area (Å²) in [6.45, 7) is 2.44. The van der Waals surface area contributed by atoms with Crippen LogP contribution >= 0.6 is 19.5 Å². The highest BCUT2D eigenvalue weighted by molar-refractivity contribution is 7.95. The molecule has 4 aromatic carbocycles. The SMILES string of the molecule is C[P+](c1ccccc1)(c1ccccc1)c1ccccc1-c1ccccc1.[N-]=C=S. The van der Waals surface area contributed by atoms with Gasteiger partial charge in [0.15, 0.2) is 0 Å². The van der Waals surface area contributed by atoms with Crippen LogP contribution in [-0.4, -0.2) is 11.8 Å². The largest absolute Gasteiger partial charge is 0.753 e. The topological polar surface area (TPSA) is 22.3 Å². The van der Waals surface area contributed by atoms with Gasteiger partial charge in [-0.15, -0.1) is 0 Å². The molecule has 0 aliphatic heterocycles. The minimum Gasteiger partial charge on any atom is -0.753 e. The van der Waals surface area contributed by atoms with E-state index in [0.29, 0.717) is 0 Å². The summed E-state index contributed by atoms with van der Waals surface area (Å²) in [5.74, 6) is 0. The van der Waals surface area contributed by atoms with Crippen molar-refractivity contribution < 1.29 is 0 Å². The average molecular weight is 412 g/mol. The van der Waals surface area contributed by atoms with E-state index in [4.69, 9.17) is 5.41 Å². The number of isothiocyanates is 1. The Hall–Kier alpha value is -2.89. The number of rotatable bonds is 4. The molecule has 0 aromatic heterocycles. The maximum absolute atomic E-state index is 7.13. The molecule has 0 aliphatic rings. The van der Waals surface area contributed by atoms with E-state index >= 15 is 0 Å². The molecule has 29 heavy (non-hydrogen) atoms. The minimum atomic E-state index is -1.73. The molecule has 0 saturated carbocycles. The van der Waals surface area contributed by atoms with Crippen LogP contribution in [0.1, 0.15) is 0 Å². The lowest BCUT2D eigenvalue weighted by molar-refractivity contribution is 1.64. The standard InChI is InChI=1S/C25H22P.CNS/c1-26(22-15-7-3-8-16-22,23-17-9-4-10-18-23)25-20-12-11-19-24(25)21-13-5-2-6-14-21;2-1-3/h2-20H,1H3;/q+1;-1. The normalized spacial score (nSPS) is 10.4. The van der Waals surface area contributed by atoms with Crippen molar-refractivity contribution in [3.05, 3.63) is 121 Å². The molecule has 142 valence electrons. The van der Waals surface area contributed by atoms with Gasteiger partial charge < -0.3 is 5.41 Å². The van der Waals surface area contributed by atoms with Gasteiger partial charge in [-0.05, 0) is 35.9 Å². The van der Waals surface area contributed by atoms with Crippen LogP contribution in [0.5, 0.6) is 0 Å². The molecular formula is C26H22NPS. The molecule has 0 bridgehead atoms. The zero-order valence-corrected chi connectivity index (χ0v) is 18.0. The fraction of sp³-hybridized carbons (Fsp3) is 0.0385. The lowest BCUT2D eigenvalue weighted by atomic mass is 10.1. The summed E-state index contributed by atoms with van der Waals surface area (Å²) in [5.41, 5.74) is 2.61. The third-order valence-electron chi connectivity index (χ3n) is 5.02. The van der Waals surface area contributed by atoms with E-state index in [1.54, 1.807) is 0 Å². The molecule has 3 heteroatoms. The van der Waals surface area contributed by atoms with Crippen molar-refractivity contribution in [2.75, 3.05) is 6.66 Å². The Labute approximate surface area is 178 Å². The number of hydrogen-bond acceptors (Lipinski definition) is 1. The van der Waals surface area contributed by atoms with Crippen LogP contribution in [-0.2, 0) is 0 Å². The molecule has 0 aliphatic carbocycles. The molecule has 0 heterocycles. The maximum atomic E-state index is 7.13. The Morgan fingerprint density at radius 1 is 0.621 bits per heavy atom. The van der Waals surface area contributed by atoms with Gasteiger partial charge in [-0.3, -0.25) is 0 Å². The van der Waals surface area contributed by atoms with Gasteiger partial charge in [0.2, 0.25) is 0 Å². The number of thiocarbonyl (C=S) groups is 1. The first-order valence-corrected chi connectivity index (χ1v) is 12.0. The number of hydrogen-bond donors (Lipinski definition) is 0. The van der Waals surface area contributed by atoms with Crippen LogP contribution in [0.2, 0.25) is 0 Å². The fourth-order valence-electron chi connectivity index (χ4n) is 3.60. The van der Waals surface area contributed by atoms with Crippen LogP contribution in [0.3, 0.4) is 0 Å². The molecule has 0 unspecified atom stereocenters. The summed E-state index contributed by atoms with van der Waals surface area (Å²) in [7, 11) is -1.73. The van der Waals surface area contributed by atoms with E-state index < -0.39 is 7.26 Å². The van der Waals surface area contributed by atoms with Gasteiger partial charge >= 0.3 is 0 Å². The van der Waals surface area contributed by atoms with Gasteiger partial charge in [0.05, 0.1) is 6.66 Å². The third-order valence-corrected chi connectivity index (χ3v) is 9.03. The van der Waals surface area contributed by atoms with Crippen LogP contribution in [0.25, 0.3) is 16.5 Å². The van der Waals surface area contributed by atoms with Gasteiger partial charge in [-0.2, -0.15) is 5.16 Å². The van der Waals surface area contributed by atoms with E-state index in [0.717, 1.165) is 0 Å². The van der Waals surface area contributed by atoms with Crippen molar-refractivity contribution in [3.63, 3.8) is 0 Å². The molecule has 4 aromatic rings. The van der Waals surface area contributed by atoms with Crippen LogP contribution in [0.15, 0.2) is 115 Å². The summed E-state index contributed by atoms with van der Waals surface area (Å²) in [6.07, 6.45) is 0. The third kappa shape index (κ3) is 4.58. The van der Waals surface area contributed by atoms with Crippen molar-refractivity contribution in [1.29, 1.82) is 0 Å². The van der Waals surface area contributed by atoms with Crippen molar-refractivity contribution in [1.82, 2.24) is 0 Å². The maximum Gasteiger partial charge on any atom is 0.112 e. The van der Waals surface area contributed by atoms with E-state index in [2.05, 4.69) is 134 Å². The highest BCUT2D eigenvalue weighted by Crippen LogP contribution is 2.53. The number of benzene rings is 4. The van der Waals surface area contributed by atoms with Crippen molar-refractivity contribution >= 4 is 40.6 Å². The second-order valence-electron chi connectivity index (χ2n) is 6.65. The first-order chi connectivity index (χ1) is 14.2. The van der Waals surface area contributed by atoms with Gasteiger partial charge in [0, 0.05) is 5.56 Å². The van der Waals surface area contributed by atoms with Gasteiger partial charge in [-0.1, -0.05) is 97.1 Å². The second kappa shape index (κ2) is 10.0. The van der Waals surface area contributed by atoms with Crippen LogP contribution in [0, 0.1) is 0 Å². The van der Waals surface area contributed by atoms with E-state index in [-0.39, 0.29) is 0 Å². The Morgan fingerprint density at radius 2 is 1.00 bits per heavy atom. The first-order valence-electron chi connectivity index (χ1n) is 9.36. The first kappa shape index (κ1) is 20.8. The zero-order chi connectivity index (χ0) is 20.5. The lowest BCUT2D eigenvalue weighted by Gasteiger charge is -2.25. The van der Waals surface area contributed by atoms with Gasteiger partial charge in [0.1, 0.15) is 23.2 Å². The Morgan fingerprint density at radius 3 is 1.48 bits per heavy atom. The lowest BCUT2D eigenvalue weighted by Crippen LogP contribution is -2.31. The second-order valence-corrected chi connectivity index (χ2v) is 10.4. The molecule has 0 atom stereocenters. The minimum absolute atomic E-state index is 1.28. The monoisotopic (exact) mass is 411 g/mol. The zero-order valence-electron chi connectivity index (χ0n) is 16.3. The van der Waals surface area contributed by atoms with Crippen molar-refractivity contribution in [2.45, 2.75) is 0 Å². The number of nitrogens with zero attached hydrogens (tertiary/aromatic N) is 1. The Kier molecular flexibility index (Phi) is 7.22. The molecule has 4 rings (SSSR count). The van der Waals surface area contributed by atoms with Crippen molar-refractivity contribution in [3.8, 4) is 11.1 Å². The average Bonchev–Trinajstić information content (AvgIpc) is 2.81. The quantitative estimate of drug-likeness (QED) is 0.232. The Balaban J connectivity index is 0.000000755. The van der Waals surface area contributed by atoms with E-state index in [1.807, 2.05) is 0 Å². The molecule has 0 fully saturated rings. The summed E-state index contributed by atoms with van der Waals surface area (Å²) in [4.78, 5) is 0. The predicted octanol–water partition coefficient (Wildman–Crippen LogP) is 5.94. The molecule has 1 nitrogen and oxygen atoms in total. The predicted molar refractivity (Wildman–Crippen MR) is 132 cm³/mol. The summed E-state index contributed by atoms with van der Waals surface area (Å²) in [6, 6.07) is 41.6. The van der Waals surface area contributed by atoms with Gasteiger partial charge in [-0.25, -0.2) is 0 Å². The molecule has 0 N–H and O–H groups in total.